The summed E-state index contributed by atoms with van der Waals surface area (Å²) in [6.45, 7) is 1.40. The maximum Gasteiger partial charge on any atom is 0.101 e. The number of hydrogen-bond acceptors (Lipinski definition) is 2. The van der Waals surface area contributed by atoms with Gasteiger partial charge in [0.05, 0.1) is 27.7 Å². The number of hydrogen-bond donors (Lipinski definition) is 2. The fourth-order valence-corrected chi connectivity index (χ4v) is 1.23. The zero-order valence-electron chi connectivity index (χ0n) is 11.3. The Hall–Kier alpha value is -0.900. The number of rotatable bonds is 5. The lowest BCUT2D eigenvalue weighted by atomic mass is 10.1. The summed E-state index contributed by atoms with van der Waals surface area (Å²) in [6.07, 6.45) is 1.85. The van der Waals surface area contributed by atoms with Crippen molar-refractivity contribution in [2.75, 3.05) is 40.9 Å². The minimum atomic E-state index is 0.281. The van der Waals surface area contributed by atoms with E-state index >= 15 is 0 Å². The van der Waals surface area contributed by atoms with E-state index in [1.807, 2.05) is 18.2 Å². The van der Waals surface area contributed by atoms with Crippen molar-refractivity contribution in [2.45, 2.75) is 12.8 Å². The molecule has 1 aromatic rings. The standard InChI is InChI=1S/C9H12O.C5H14NO/c10-8-4-7-9-5-2-1-3-6-9;1-6(2,3)4-5-7/h1-3,5-6,10H,4,7-8H2;7H,4-5H2,1-3H3/q;+1. The van der Waals surface area contributed by atoms with Gasteiger partial charge in [0.1, 0.15) is 6.54 Å². The van der Waals surface area contributed by atoms with Crippen molar-refractivity contribution in [2.24, 2.45) is 0 Å². The fourth-order valence-electron chi connectivity index (χ4n) is 1.23. The third-order valence-electron chi connectivity index (χ3n) is 2.24. The predicted octanol–water partition coefficient (Wildman–Crippen LogP) is 1.30. The summed E-state index contributed by atoms with van der Waals surface area (Å²) in [5.74, 6) is 0. The lowest BCUT2D eigenvalue weighted by Gasteiger charge is -2.21. The number of aliphatic hydroxyl groups is 2. The zero-order chi connectivity index (χ0) is 13.1. The van der Waals surface area contributed by atoms with Gasteiger partial charge in [0.2, 0.25) is 0 Å². The first-order valence-corrected chi connectivity index (χ1v) is 6.05. The van der Waals surface area contributed by atoms with Crippen LogP contribution >= 0.6 is 0 Å². The molecule has 0 amide bonds. The average Bonchev–Trinajstić information content (AvgIpc) is 2.27. The van der Waals surface area contributed by atoms with Crippen LogP contribution in [0.2, 0.25) is 0 Å². The molecule has 98 valence electrons. The van der Waals surface area contributed by atoms with Crippen LogP contribution in [0, 0.1) is 0 Å². The highest BCUT2D eigenvalue weighted by molar-refractivity contribution is 5.14. The molecule has 0 unspecified atom stereocenters. The molecule has 0 bridgehead atoms. The van der Waals surface area contributed by atoms with Gasteiger partial charge in [-0.2, -0.15) is 0 Å². The highest BCUT2D eigenvalue weighted by Crippen LogP contribution is 2.00. The average molecular weight is 240 g/mol. The Morgan fingerprint density at radius 2 is 1.53 bits per heavy atom. The van der Waals surface area contributed by atoms with E-state index in [0.717, 1.165) is 23.9 Å². The van der Waals surface area contributed by atoms with Gasteiger partial charge in [-0.15, -0.1) is 0 Å². The number of benzene rings is 1. The molecule has 0 aromatic heterocycles. The van der Waals surface area contributed by atoms with Gasteiger partial charge in [0.15, 0.2) is 0 Å². The van der Waals surface area contributed by atoms with Crippen LogP contribution in [0.5, 0.6) is 0 Å². The Kier molecular flexibility index (Phi) is 8.68. The molecule has 0 aliphatic carbocycles. The minimum absolute atomic E-state index is 0.281. The molecule has 2 N–H and O–H groups in total. The smallest absolute Gasteiger partial charge is 0.101 e. The molecule has 3 heteroatoms. The number of nitrogens with zero attached hydrogens (tertiary/aromatic N) is 1. The fraction of sp³-hybridized carbons (Fsp3) is 0.571. The summed E-state index contributed by atoms with van der Waals surface area (Å²) >= 11 is 0. The lowest BCUT2D eigenvalue weighted by Crippen LogP contribution is -2.36. The van der Waals surface area contributed by atoms with Crippen molar-refractivity contribution in [3.8, 4) is 0 Å². The van der Waals surface area contributed by atoms with Crippen molar-refractivity contribution < 1.29 is 14.7 Å². The topological polar surface area (TPSA) is 40.5 Å². The molecule has 1 aromatic carbocycles. The summed E-state index contributed by atoms with van der Waals surface area (Å²) in [6, 6.07) is 10.2. The molecule has 0 aliphatic rings. The first-order valence-electron chi connectivity index (χ1n) is 6.05. The van der Waals surface area contributed by atoms with E-state index < -0.39 is 0 Å². The second kappa shape index (κ2) is 9.16. The van der Waals surface area contributed by atoms with E-state index in [4.69, 9.17) is 10.2 Å². The van der Waals surface area contributed by atoms with Gasteiger partial charge in [-0.1, -0.05) is 30.3 Å². The quantitative estimate of drug-likeness (QED) is 0.762. The normalized spacial score (nSPS) is 10.6. The first kappa shape index (κ1) is 16.1. The molecule has 0 fully saturated rings. The summed E-state index contributed by atoms with van der Waals surface area (Å²) in [5.41, 5.74) is 1.30. The van der Waals surface area contributed by atoms with Crippen LogP contribution < -0.4 is 0 Å². The highest BCUT2D eigenvalue weighted by atomic mass is 16.3. The molecule has 0 atom stereocenters. The Bertz CT molecular complexity index is 267. The Labute approximate surface area is 105 Å². The van der Waals surface area contributed by atoms with Gasteiger partial charge >= 0.3 is 0 Å². The lowest BCUT2D eigenvalue weighted by molar-refractivity contribution is -0.870. The van der Waals surface area contributed by atoms with Gasteiger partial charge < -0.3 is 14.7 Å². The minimum Gasteiger partial charge on any atom is -0.396 e. The molecule has 0 saturated carbocycles. The molecule has 17 heavy (non-hydrogen) atoms. The molecular formula is C14H26NO2+. The van der Waals surface area contributed by atoms with Gasteiger partial charge in [0.25, 0.3) is 0 Å². The number of quaternary nitrogens is 1. The largest absolute Gasteiger partial charge is 0.396 e. The van der Waals surface area contributed by atoms with E-state index in [9.17, 15) is 0 Å². The van der Waals surface area contributed by atoms with Gasteiger partial charge in [0, 0.05) is 6.61 Å². The van der Waals surface area contributed by atoms with E-state index in [0.29, 0.717) is 0 Å². The van der Waals surface area contributed by atoms with Gasteiger partial charge in [-0.05, 0) is 18.4 Å². The summed E-state index contributed by atoms with van der Waals surface area (Å²) in [5, 5.41) is 16.9. The zero-order valence-corrected chi connectivity index (χ0v) is 11.3. The van der Waals surface area contributed by atoms with E-state index in [-0.39, 0.29) is 13.2 Å². The number of aryl methyl sites for hydroxylation is 1. The first-order chi connectivity index (χ1) is 7.99. The van der Waals surface area contributed by atoms with Gasteiger partial charge in [-0.25, -0.2) is 0 Å². The summed E-state index contributed by atoms with van der Waals surface area (Å²) in [7, 11) is 6.16. The number of aliphatic hydroxyl groups excluding tert-OH is 2. The SMILES string of the molecule is C[N+](C)(C)CCO.OCCCc1ccccc1. The van der Waals surface area contributed by atoms with Crippen LogP contribution in [-0.2, 0) is 6.42 Å². The van der Waals surface area contributed by atoms with Crippen molar-refractivity contribution in [1.82, 2.24) is 0 Å². The number of likely N-dealkylation sites (N-methyl/N-ethyl adjacent to an activating group) is 1. The highest BCUT2D eigenvalue weighted by Gasteiger charge is 2.02. The summed E-state index contributed by atoms with van der Waals surface area (Å²) in [4.78, 5) is 0. The Balaban J connectivity index is 0.000000325. The van der Waals surface area contributed by atoms with Crippen LogP contribution in [-0.4, -0.2) is 55.6 Å². The molecule has 0 heterocycles. The maximum absolute atomic E-state index is 8.53. The second-order valence-electron chi connectivity index (χ2n) is 5.05. The van der Waals surface area contributed by atoms with E-state index in [2.05, 4.69) is 33.3 Å². The van der Waals surface area contributed by atoms with E-state index in [1.54, 1.807) is 0 Å². The molecule has 3 nitrogen and oxygen atoms in total. The third kappa shape index (κ3) is 11.4. The molecule has 0 spiro atoms. The van der Waals surface area contributed by atoms with Crippen molar-refractivity contribution in [3.05, 3.63) is 35.9 Å². The van der Waals surface area contributed by atoms with Crippen molar-refractivity contribution in [3.63, 3.8) is 0 Å². The third-order valence-corrected chi connectivity index (χ3v) is 2.24. The summed E-state index contributed by atoms with van der Waals surface area (Å²) < 4.78 is 0.844. The van der Waals surface area contributed by atoms with Crippen molar-refractivity contribution in [1.29, 1.82) is 0 Å². The van der Waals surface area contributed by atoms with Crippen LogP contribution in [0.4, 0.5) is 0 Å². The monoisotopic (exact) mass is 240 g/mol. The van der Waals surface area contributed by atoms with Crippen molar-refractivity contribution >= 4 is 0 Å². The van der Waals surface area contributed by atoms with E-state index in [1.165, 1.54) is 5.56 Å². The Morgan fingerprint density at radius 3 is 1.88 bits per heavy atom. The Morgan fingerprint density at radius 1 is 0.941 bits per heavy atom. The van der Waals surface area contributed by atoms with Gasteiger partial charge in [-0.3, -0.25) is 0 Å². The molecule has 0 radical (unpaired) electrons. The van der Waals surface area contributed by atoms with Crippen LogP contribution in [0.15, 0.2) is 30.3 Å². The molecule has 1 rings (SSSR count). The molecular weight excluding hydrogens is 214 g/mol. The second-order valence-corrected chi connectivity index (χ2v) is 5.05. The predicted molar refractivity (Wildman–Crippen MR) is 71.8 cm³/mol. The molecule has 0 aliphatic heterocycles. The van der Waals surface area contributed by atoms with Crippen LogP contribution in [0.1, 0.15) is 12.0 Å². The van der Waals surface area contributed by atoms with Crippen LogP contribution in [0.3, 0.4) is 0 Å². The maximum atomic E-state index is 8.53. The van der Waals surface area contributed by atoms with Crippen LogP contribution in [0.25, 0.3) is 0 Å². The molecule has 0 saturated heterocycles.